The molecule has 0 aromatic heterocycles. The minimum atomic E-state index is -1.07. The zero-order valence-corrected chi connectivity index (χ0v) is 17.7. The fraction of sp³-hybridized carbons (Fsp3) is 0.571. The molecule has 0 spiro atoms. The van der Waals surface area contributed by atoms with Gasteiger partial charge in [-0.25, -0.2) is 9.59 Å². The Morgan fingerprint density at radius 1 is 1.21 bits per heavy atom. The Hall–Kier alpha value is -2.77. The lowest BCUT2D eigenvalue weighted by Crippen LogP contribution is -2.56. The number of carboxylic acid groups (broad SMARTS) is 1. The van der Waals surface area contributed by atoms with Gasteiger partial charge in [0.2, 0.25) is 5.91 Å². The highest BCUT2D eigenvalue weighted by Gasteiger charge is 2.32. The van der Waals surface area contributed by atoms with Crippen molar-refractivity contribution in [2.24, 2.45) is 0 Å². The molecule has 2 rings (SSSR count). The Morgan fingerprint density at radius 3 is 2.45 bits per heavy atom. The zero-order chi connectivity index (χ0) is 21.8. The predicted octanol–water partition coefficient (Wildman–Crippen LogP) is 2.79. The first-order valence-electron chi connectivity index (χ1n) is 9.78. The fourth-order valence-corrected chi connectivity index (χ4v) is 3.19. The maximum absolute atomic E-state index is 12.7. The maximum Gasteiger partial charge on any atom is 0.410 e. The molecule has 0 saturated carbocycles. The summed E-state index contributed by atoms with van der Waals surface area (Å²) in [5.74, 6) is -0.891. The number of ether oxygens (including phenoxy) is 2. The van der Waals surface area contributed by atoms with Crippen molar-refractivity contribution in [1.29, 1.82) is 0 Å². The molecule has 0 bridgehead atoms. The van der Waals surface area contributed by atoms with Crippen molar-refractivity contribution < 1.29 is 29.0 Å². The summed E-state index contributed by atoms with van der Waals surface area (Å²) in [7, 11) is 0. The van der Waals surface area contributed by atoms with Crippen LogP contribution in [0.3, 0.4) is 0 Å². The first-order valence-corrected chi connectivity index (χ1v) is 9.78. The van der Waals surface area contributed by atoms with Gasteiger partial charge in [-0.2, -0.15) is 0 Å². The molecule has 29 heavy (non-hydrogen) atoms. The smallest absolute Gasteiger partial charge is 0.410 e. The number of benzene rings is 1. The Bertz CT molecular complexity index is 771. The van der Waals surface area contributed by atoms with Crippen molar-refractivity contribution >= 4 is 18.0 Å². The second kappa shape index (κ2) is 9.15. The van der Waals surface area contributed by atoms with E-state index in [4.69, 9.17) is 9.47 Å². The quantitative estimate of drug-likeness (QED) is 0.808. The molecule has 1 saturated heterocycles. The van der Waals surface area contributed by atoms with Crippen LogP contribution in [0.4, 0.5) is 4.79 Å². The maximum atomic E-state index is 12.7. The summed E-state index contributed by atoms with van der Waals surface area (Å²) in [6.45, 7) is 10.7. The predicted molar refractivity (Wildman–Crippen MR) is 107 cm³/mol. The molecule has 1 aromatic carbocycles. The SMILES string of the molecule is CCOc1cc(CC(=O)N2CCN(C(=O)OC(C)(C)C)C(C)C2)ccc1C(=O)O. The van der Waals surface area contributed by atoms with Crippen molar-refractivity contribution in [3.05, 3.63) is 29.3 Å². The number of amides is 2. The molecule has 1 unspecified atom stereocenters. The van der Waals surface area contributed by atoms with E-state index >= 15 is 0 Å². The molecule has 8 nitrogen and oxygen atoms in total. The van der Waals surface area contributed by atoms with Gasteiger partial charge in [0.1, 0.15) is 16.9 Å². The molecule has 160 valence electrons. The minimum Gasteiger partial charge on any atom is -0.493 e. The van der Waals surface area contributed by atoms with Gasteiger partial charge in [0.25, 0.3) is 0 Å². The zero-order valence-electron chi connectivity index (χ0n) is 17.7. The van der Waals surface area contributed by atoms with Gasteiger partial charge in [-0.3, -0.25) is 4.79 Å². The molecular formula is C21H30N2O6. The third kappa shape index (κ3) is 6.10. The summed E-state index contributed by atoms with van der Waals surface area (Å²) in [6.07, 6.45) is -0.234. The molecule has 2 amide bonds. The van der Waals surface area contributed by atoms with Gasteiger partial charge in [-0.05, 0) is 52.3 Å². The van der Waals surface area contributed by atoms with E-state index < -0.39 is 11.6 Å². The second-order valence-electron chi connectivity index (χ2n) is 8.11. The van der Waals surface area contributed by atoms with Crippen LogP contribution in [0, 0.1) is 0 Å². The van der Waals surface area contributed by atoms with Gasteiger partial charge in [0.15, 0.2) is 0 Å². The molecule has 1 aliphatic rings. The van der Waals surface area contributed by atoms with Gasteiger partial charge in [0.05, 0.1) is 13.0 Å². The van der Waals surface area contributed by atoms with Gasteiger partial charge in [0, 0.05) is 25.7 Å². The normalized spacial score (nSPS) is 17.1. The molecule has 1 aliphatic heterocycles. The lowest BCUT2D eigenvalue weighted by atomic mass is 10.1. The van der Waals surface area contributed by atoms with Gasteiger partial charge in [-0.1, -0.05) is 6.07 Å². The summed E-state index contributed by atoms with van der Waals surface area (Å²) in [5.41, 5.74) is 0.192. The standard InChI is InChI=1S/C21H30N2O6/c1-6-28-17-11-15(7-8-16(17)19(25)26)12-18(24)22-9-10-23(14(2)13-22)20(27)29-21(3,4)5/h7-8,11,14H,6,9-10,12-13H2,1-5H3,(H,25,26). The van der Waals surface area contributed by atoms with E-state index in [0.717, 1.165) is 0 Å². The van der Waals surface area contributed by atoms with Crippen LogP contribution in [-0.4, -0.2) is 70.8 Å². The number of carboxylic acids is 1. The third-order valence-corrected chi connectivity index (χ3v) is 4.54. The van der Waals surface area contributed by atoms with Crippen LogP contribution >= 0.6 is 0 Å². The molecule has 0 radical (unpaired) electrons. The van der Waals surface area contributed by atoms with Gasteiger partial charge < -0.3 is 24.4 Å². The van der Waals surface area contributed by atoms with E-state index in [0.29, 0.717) is 31.8 Å². The first-order chi connectivity index (χ1) is 13.5. The van der Waals surface area contributed by atoms with Gasteiger partial charge >= 0.3 is 12.1 Å². The number of piperazine rings is 1. The first kappa shape index (κ1) is 22.5. The monoisotopic (exact) mass is 406 g/mol. The summed E-state index contributed by atoms with van der Waals surface area (Å²) < 4.78 is 10.8. The van der Waals surface area contributed by atoms with E-state index in [9.17, 15) is 19.5 Å². The molecule has 8 heteroatoms. The lowest BCUT2D eigenvalue weighted by Gasteiger charge is -2.40. The van der Waals surface area contributed by atoms with Crippen molar-refractivity contribution in [2.45, 2.75) is 52.7 Å². The summed E-state index contributed by atoms with van der Waals surface area (Å²) >= 11 is 0. The Kier molecular flexibility index (Phi) is 7.11. The van der Waals surface area contributed by atoms with Gasteiger partial charge in [-0.15, -0.1) is 0 Å². The van der Waals surface area contributed by atoms with Crippen LogP contribution in [-0.2, 0) is 16.0 Å². The van der Waals surface area contributed by atoms with Crippen LogP contribution in [0.25, 0.3) is 0 Å². The minimum absolute atomic E-state index is 0.0719. The molecule has 1 N–H and O–H groups in total. The summed E-state index contributed by atoms with van der Waals surface area (Å²) in [6, 6.07) is 4.53. The van der Waals surface area contributed by atoms with Crippen LogP contribution in [0.2, 0.25) is 0 Å². The largest absolute Gasteiger partial charge is 0.493 e. The molecule has 1 heterocycles. The average molecular weight is 406 g/mol. The number of aromatic carboxylic acids is 1. The molecule has 1 aromatic rings. The Morgan fingerprint density at radius 2 is 1.90 bits per heavy atom. The number of hydrogen-bond donors (Lipinski definition) is 1. The van der Waals surface area contributed by atoms with Crippen LogP contribution in [0.15, 0.2) is 18.2 Å². The van der Waals surface area contributed by atoms with E-state index in [-0.39, 0.29) is 35.8 Å². The van der Waals surface area contributed by atoms with E-state index in [1.807, 2.05) is 27.7 Å². The molecular weight excluding hydrogens is 376 g/mol. The van der Waals surface area contributed by atoms with Crippen LogP contribution in [0.1, 0.15) is 50.5 Å². The van der Waals surface area contributed by atoms with Crippen molar-refractivity contribution in [3.63, 3.8) is 0 Å². The lowest BCUT2D eigenvalue weighted by molar-refractivity contribution is -0.133. The number of nitrogens with zero attached hydrogens (tertiary/aromatic N) is 2. The Balaban J connectivity index is 2.01. The molecule has 1 atom stereocenters. The highest BCUT2D eigenvalue weighted by atomic mass is 16.6. The average Bonchev–Trinajstić information content (AvgIpc) is 2.60. The van der Waals surface area contributed by atoms with E-state index in [2.05, 4.69) is 0 Å². The van der Waals surface area contributed by atoms with Crippen molar-refractivity contribution in [3.8, 4) is 5.75 Å². The second-order valence-corrected chi connectivity index (χ2v) is 8.11. The number of hydrogen-bond acceptors (Lipinski definition) is 5. The summed E-state index contributed by atoms with van der Waals surface area (Å²) in [5, 5.41) is 9.24. The number of rotatable bonds is 5. The highest BCUT2D eigenvalue weighted by Crippen LogP contribution is 2.22. The summed E-state index contributed by atoms with van der Waals surface area (Å²) in [4.78, 5) is 39.7. The molecule has 0 aliphatic carbocycles. The van der Waals surface area contributed by atoms with Crippen LogP contribution < -0.4 is 4.74 Å². The Labute approximate surface area is 171 Å². The number of carbonyl (C=O) groups is 3. The highest BCUT2D eigenvalue weighted by molar-refractivity contribution is 5.91. The number of carbonyl (C=O) groups excluding carboxylic acids is 2. The molecule has 1 fully saturated rings. The van der Waals surface area contributed by atoms with Crippen molar-refractivity contribution in [2.75, 3.05) is 26.2 Å². The van der Waals surface area contributed by atoms with E-state index in [1.54, 1.807) is 28.9 Å². The van der Waals surface area contributed by atoms with Crippen molar-refractivity contribution in [1.82, 2.24) is 9.80 Å². The third-order valence-electron chi connectivity index (χ3n) is 4.54. The topological polar surface area (TPSA) is 96.4 Å². The van der Waals surface area contributed by atoms with E-state index in [1.165, 1.54) is 6.07 Å². The van der Waals surface area contributed by atoms with Crippen LogP contribution in [0.5, 0.6) is 5.75 Å². The fourth-order valence-electron chi connectivity index (χ4n) is 3.19.